The highest BCUT2D eigenvalue weighted by molar-refractivity contribution is 7.25. The van der Waals surface area contributed by atoms with Gasteiger partial charge in [0.1, 0.15) is 0 Å². The third kappa shape index (κ3) is 6.26. The van der Waals surface area contributed by atoms with E-state index in [0.717, 1.165) is 78.4 Å². The van der Waals surface area contributed by atoms with E-state index in [1.165, 1.54) is 30.9 Å². The van der Waals surface area contributed by atoms with Gasteiger partial charge in [0.25, 0.3) is 0 Å². The molecule has 62 heavy (non-hydrogen) atoms. The quantitative estimate of drug-likeness (QED) is 0.161. The van der Waals surface area contributed by atoms with Gasteiger partial charge in [-0.1, -0.05) is 164 Å². The molecule has 0 aliphatic rings. The summed E-state index contributed by atoms with van der Waals surface area (Å²) >= 11 is 1.85. The minimum absolute atomic E-state index is 0.637. The van der Waals surface area contributed by atoms with Gasteiger partial charge in [-0.05, 0) is 65.7 Å². The molecule has 4 nitrogen and oxygen atoms in total. The molecule has 0 saturated heterocycles. The van der Waals surface area contributed by atoms with Crippen LogP contribution < -0.4 is 0 Å². The zero-order chi connectivity index (χ0) is 41.0. The van der Waals surface area contributed by atoms with Crippen LogP contribution in [-0.2, 0) is 0 Å². The Hall–Kier alpha value is -7.99. The topological polar surface area (TPSA) is 43.6 Å². The fraction of sp³-hybridized carbons (Fsp3) is 0. The van der Waals surface area contributed by atoms with E-state index in [2.05, 4.69) is 205 Å². The average Bonchev–Trinajstić information content (AvgIpc) is 3.88. The molecule has 290 valence electrons. The van der Waals surface area contributed by atoms with E-state index in [1.54, 1.807) is 0 Å². The predicted octanol–water partition coefficient (Wildman–Crippen LogP) is 15.3. The number of fused-ring (bicyclic) bond motifs is 6. The lowest BCUT2D eigenvalue weighted by Crippen LogP contribution is -2.02. The molecule has 0 aliphatic heterocycles. The van der Waals surface area contributed by atoms with Crippen molar-refractivity contribution >= 4 is 53.3 Å². The minimum Gasteiger partial charge on any atom is -0.308 e. The van der Waals surface area contributed by atoms with Crippen LogP contribution in [0.15, 0.2) is 218 Å². The Bertz CT molecular complexity index is 3500. The van der Waals surface area contributed by atoms with Crippen molar-refractivity contribution in [2.45, 2.75) is 0 Å². The monoisotopic (exact) mass is 808 g/mol. The van der Waals surface area contributed by atoms with Crippen molar-refractivity contribution < 1.29 is 0 Å². The highest BCUT2D eigenvalue weighted by Gasteiger charge is 2.22. The summed E-state index contributed by atoms with van der Waals surface area (Å²) in [5.74, 6) is 0.637. The van der Waals surface area contributed by atoms with Gasteiger partial charge in [-0.2, -0.15) is 0 Å². The number of hydrogen-bond acceptors (Lipinski definition) is 4. The van der Waals surface area contributed by atoms with Crippen LogP contribution in [0.4, 0.5) is 0 Å². The first-order valence-electron chi connectivity index (χ1n) is 20.8. The minimum atomic E-state index is 0.637. The molecule has 0 saturated carbocycles. The Labute approximate surface area is 362 Å². The van der Waals surface area contributed by atoms with Gasteiger partial charge in [-0.15, -0.1) is 11.3 Å². The van der Waals surface area contributed by atoms with Crippen LogP contribution in [0.5, 0.6) is 0 Å². The van der Waals surface area contributed by atoms with Crippen molar-refractivity contribution in [3.63, 3.8) is 0 Å². The summed E-state index contributed by atoms with van der Waals surface area (Å²) in [6, 6.07) is 77.2. The number of aromatic nitrogens is 4. The maximum Gasteiger partial charge on any atom is 0.162 e. The van der Waals surface area contributed by atoms with Crippen LogP contribution in [0.25, 0.3) is 115 Å². The molecule has 0 spiro atoms. The Morgan fingerprint density at radius 2 is 0.839 bits per heavy atom. The number of thiophene rings is 1. The van der Waals surface area contributed by atoms with Crippen LogP contribution in [-0.4, -0.2) is 19.5 Å². The van der Waals surface area contributed by atoms with E-state index < -0.39 is 0 Å². The third-order valence-corrected chi connectivity index (χ3v) is 12.9. The maximum absolute atomic E-state index is 5.43. The van der Waals surface area contributed by atoms with Gasteiger partial charge in [0.15, 0.2) is 5.82 Å². The second kappa shape index (κ2) is 14.9. The molecule has 0 amide bonds. The first-order chi connectivity index (χ1) is 30.7. The zero-order valence-corrected chi connectivity index (χ0v) is 34.3. The third-order valence-electron chi connectivity index (χ3n) is 11.8. The molecule has 0 aliphatic carbocycles. The van der Waals surface area contributed by atoms with Crippen LogP contribution >= 0.6 is 11.3 Å². The number of nitrogens with zero attached hydrogens (tertiary/aromatic N) is 4. The molecule has 4 aromatic heterocycles. The molecule has 0 unspecified atom stereocenters. The Balaban J connectivity index is 1.17. The van der Waals surface area contributed by atoms with Crippen molar-refractivity contribution in [1.82, 2.24) is 19.5 Å². The van der Waals surface area contributed by atoms with Crippen LogP contribution in [0, 0.1) is 0 Å². The molecule has 12 aromatic rings. The van der Waals surface area contributed by atoms with Gasteiger partial charge in [0.2, 0.25) is 0 Å². The summed E-state index contributed by atoms with van der Waals surface area (Å²) < 4.78 is 4.98. The summed E-state index contributed by atoms with van der Waals surface area (Å²) in [5, 5.41) is 4.94. The highest BCUT2D eigenvalue weighted by atomic mass is 32.1. The Morgan fingerprint density at radius 1 is 0.306 bits per heavy atom. The van der Waals surface area contributed by atoms with Crippen LogP contribution in [0.1, 0.15) is 0 Å². The summed E-state index contributed by atoms with van der Waals surface area (Å²) in [6.45, 7) is 0. The largest absolute Gasteiger partial charge is 0.308 e. The maximum atomic E-state index is 5.43. The van der Waals surface area contributed by atoms with Crippen LogP contribution in [0.2, 0.25) is 0 Å². The van der Waals surface area contributed by atoms with Gasteiger partial charge in [0, 0.05) is 58.8 Å². The van der Waals surface area contributed by atoms with Gasteiger partial charge in [-0.3, -0.25) is 0 Å². The predicted molar refractivity (Wildman–Crippen MR) is 260 cm³/mol. The van der Waals surface area contributed by atoms with E-state index >= 15 is 0 Å². The SMILES string of the molecule is c1ccc(-c2cc(-c3ccccc3)nc(-c3ccc(-n4c5ccccc5c5cc6sc7ccccc7c6cc54)c(-c4nc(-c5ccccc5)cc(-c5ccccc5)n4)c3)c2)cc1. The Kier molecular flexibility index (Phi) is 8.65. The average molecular weight is 809 g/mol. The number of pyridine rings is 1. The zero-order valence-electron chi connectivity index (χ0n) is 33.5. The lowest BCUT2D eigenvalue weighted by Gasteiger charge is -2.17. The summed E-state index contributed by atoms with van der Waals surface area (Å²) in [6.07, 6.45) is 0. The van der Waals surface area contributed by atoms with Crippen LogP contribution in [0.3, 0.4) is 0 Å². The molecular formula is C57H36N4S. The van der Waals surface area contributed by atoms with E-state index in [-0.39, 0.29) is 0 Å². The standard InChI is InChI=1S/C57H36N4S/c1-5-17-37(18-6-1)42-32-48(38-19-7-2-8-20-38)58-49(33-42)41-29-30-53(47(31-41)57-59-50(39-21-9-3-10-22-39)36-51(60-57)40-23-11-4-12-24-40)61-52-27-15-13-25-43(52)45-35-56-46(34-54(45)61)44-26-14-16-28-55(44)62-56/h1-36H. The van der Waals surface area contributed by atoms with Crippen molar-refractivity contribution in [3.05, 3.63) is 218 Å². The molecule has 4 heterocycles. The molecule has 5 heteroatoms. The summed E-state index contributed by atoms with van der Waals surface area (Å²) in [5.41, 5.74) is 14.0. The number of hydrogen-bond donors (Lipinski definition) is 0. The molecule has 0 bridgehead atoms. The molecule has 8 aromatic carbocycles. The first kappa shape index (κ1) is 35.9. The number of para-hydroxylation sites is 1. The molecule has 0 atom stereocenters. The summed E-state index contributed by atoms with van der Waals surface area (Å²) in [7, 11) is 0. The van der Waals surface area contributed by atoms with Crippen molar-refractivity contribution in [3.8, 4) is 73.2 Å². The second-order valence-corrected chi connectivity index (χ2v) is 16.7. The fourth-order valence-electron chi connectivity index (χ4n) is 8.83. The normalized spacial score (nSPS) is 11.5. The van der Waals surface area contributed by atoms with E-state index in [4.69, 9.17) is 15.0 Å². The number of rotatable bonds is 7. The lowest BCUT2D eigenvalue weighted by molar-refractivity contribution is 1.14. The van der Waals surface area contributed by atoms with Crippen molar-refractivity contribution in [2.75, 3.05) is 0 Å². The van der Waals surface area contributed by atoms with E-state index in [0.29, 0.717) is 5.82 Å². The van der Waals surface area contributed by atoms with Gasteiger partial charge < -0.3 is 4.57 Å². The molecule has 12 rings (SSSR count). The smallest absolute Gasteiger partial charge is 0.162 e. The van der Waals surface area contributed by atoms with Gasteiger partial charge in [-0.25, -0.2) is 15.0 Å². The molecular weight excluding hydrogens is 773 g/mol. The fourth-order valence-corrected chi connectivity index (χ4v) is 9.96. The van der Waals surface area contributed by atoms with E-state index in [9.17, 15) is 0 Å². The molecule has 0 radical (unpaired) electrons. The molecule has 0 fully saturated rings. The summed E-state index contributed by atoms with van der Waals surface area (Å²) in [4.78, 5) is 16.2. The van der Waals surface area contributed by atoms with E-state index in [1.807, 2.05) is 29.5 Å². The van der Waals surface area contributed by atoms with Gasteiger partial charge >= 0.3 is 0 Å². The van der Waals surface area contributed by atoms with Crippen molar-refractivity contribution in [1.29, 1.82) is 0 Å². The van der Waals surface area contributed by atoms with Gasteiger partial charge in [0.05, 0.1) is 39.5 Å². The molecule has 0 N–H and O–H groups in total. The first-order valence-corrected chi connectivity index (χ1v) is 21.7. The number of benzene rings is 8. The highest BCUT2D eigenvalue weighted by Crippen LogP contribution is 2.43. The Morgan fingerprint density at radius 3 is 1.48 bits per heavy atom. The van der Waals surface area contributed by atoms with Crippen molar-refractivity contribution in [2.24, 2.45) is 0 Å². The second-order valence-electron chi connectivity index (χ2n) is 15.6. The lowest BCUT2D eigenvalue weighted by atomic mass is 9.98.